The molecule has 5 nitrogen and oxygen atoms in total. The molecule has 2 heterocycles. The van der Waals surface area contributed by atoms with Gasteiger partial charge >= 0.3 is 0 Å². The summed E-state index contributed by atoms with van der Waals surface area (Å²) < 4.78 is 11.3. The minimum Gasteiger partial charge on any atom is -0.467 e. The quantitative estimate of drug-likeness (QED) is 0.591. The van der Waals surface area contributed by atoms with Crippen LogP contribution < -0.4 is 10.2 Å². The Balaban J connectivity index is 1.44. The third-order valence-electron chi connectivity index (χ3n) is 5.67. The summed E-state index contributed by atoms with van der Waals surface area (Å²) in [5, 5.41) is 3.04. The third kappa shape index (κ3) is 4.26. The number of fused-ring (bicyclic) bond motifs is 1. The first-order valence-corrected chi connectivity index (χ1v) is 10.5. The molecule has 0 aliphatic carbocycles. The van der Waals surface area contributed by atoms with Crippen LogP contribution in [0.4, 0.5) is 5.69 Å². The molecule has 1 unspecified atom stereocenters. The van der Waals surface area contributed by atoms with Crippen molar-refractivity contribution in [3.63, 3.8) is 0 Å². The lowest BCUT2D eigenvalue weighted by Gasteiger charge is -2.24. The number of anilines is 1. The van der Waals surface area contributed by atoms with Crippen LogP contribution in [0.25, 0.3) is 0 Å². The Morgan fingerprint density at radius 3 is 2.73 bits per heavy atom. The van der Waals surface area contributed by atoms with Gasteiger partial charge in [-0.15, -0.1) is 0 Å². The van der Waals surface area contributed by atoms with Gasteiger partial charge in [-0.2, -0.15) is 0 Å². The number of para-hydroxylation sites is 1. The van der Waals surface area contributed by atoms with Gasteiger partial charge in [-0.05, 0) is 49.1 Å². The molecule has 1 aromatic heterocycles. The Hall–Kier alpha value is -3.05. The van der Waals surface area contributed by atoms with Gasteiger partial charge in [-0.3, -0.25) is 4.79 Å². The zero-order valence-corrected chi connectivity index (χ0v) is 17.6. The van der Waals surface area contributed by atoms with Crippen LogP contribution in [0.1, 0.15) is 46.7 Å². The second-order valence-corrected chi connectivity index (χ2v) is 7.66. The van der Waals surface area contributed by atoms with E-state index in [0.717, 1.165) is 17.5 Å². The smallest absolute Gasteiger partial charge is 0.255 e. The molecule has 5 heteroatoms. The van der Waals surface area contributed by atoms with Crippen molar-refractivity contribution in [2.75, 3.05) is 11.5 Å². The van der Waals surface area contributed by atoms with Gasteiger partial charge in [0.1, 0.15) is 5.76 Å². The van der Waals surface area contributed by atoms with Gasteiger partial charge in [0.15, 0.2) is 0 Å². The SMILES string of the molecule is CCOCc1ccccc1CNC(=O)c1ccoc1CN1c2ccccc2CC1C. The topological polar surface area (TPSA) is 54.7 Å². The Morgan fingerprint density at radius 2 is 1.90 bits per heavy atom. The molecule has 2 aromatic carbocycles. The maximum absolute atomic E-state index is 12.9. The first-order chi connectivity index (χ1) is 14.7. The summed E-state index contributed by atoms with van der Waals surface area (Å²) in [6.45, 7) is 6.43. The van der Waals surface area contributed by atoms with E-state index in [1.54, 1.807) is 12.3 Å². The van der Waals surface area contributed by atoms with Crippen LogP contribution in [0, 0.1) is 0 Å². The van der Waals surface area contributed by atoms with E-state index in [4.69, 9.17) is 9.15 Å². The fourth-order valence-electron chi connectivity index (χ4n) is 4.04. The minimum atomic E-state index is -0.120. The standard InChI is InChI=1S/C25H28N2O3/c1-3-29-17-21-10-5-4-9-20(21)15-26-25(28)22-12-13-30-24(22)16-27-18(2)14-19-8-6-7-11-23(19)27/h4-13,18H,3,14-17H2,1-2H3,(H,26,28). The summed E-state index contributed by atoms with van der Waals surface area (Å²) in [5.41, 5.74) is 5.31. The van der Waals surface area contributed by atoms with E-state index in [2.05, 4.69) is 41.4 Å². The molecular formula is C25H28N2O3. The van der Waals surface area contributed by atoms with Gasteiger partial charge in [0, 0.05) is 24.9 Å². The lowest BCUT2D eigenvalue weighted by Crippen LogP contribution is -2.30. The number of rotatable bonds is 8. The van der Waals surface area contributed by atoms with Crippen molar-refractivity contribution in [2.24, 2.45) is 0 Å². The van der Waals surface area contributed by atoms with Crippen LogP contribution in [0.2, 0.25) is 0 Å². The van der Waals surface area contributed by atoms with Gasteiger partial charge in [-0.1, -0.05) is 42.5 Å². The number of amides is 1. The number of carbonyl (C=O) groups is 1. The van der Waals surface area contributed by atoms with E-state index in [0.29, 0.717) is 43.7 Å². The van der Waals surface area contributed by atoms with Crippen molar-refractivity contribution in [3.05, 3.63) is 88.9 Å². The summed E-state index contributed by atoms with van der Waals surface area (Å²) >= 11 is 0. The van der Waals surface area contributed by atoms with Gasteiger partial charge in [0.25, 0.3) is 5.91 Å². The highest BCUT2D eigenvalue weighted by atomic mass is 16.5. The molecule has 1 aliphatic heterocycles. The maximum Gasteiger partial charge on any atom is 0.255 e. The summed E-state index contributed by atoms with van der Waals surface area (Å²) in [6, 6.07) is 18.6. The second-order valence-electron chi connectivity index (χ2n) is 7.66. The Kier molecular flexibility index (Phi) is 6.19. The molecule has 3 aromatic rings. The minimum absolute atomic E-state index is 0.120. The first-order valence-electron chi connectivity index (χ1n) is 10.5. The number of benzene rings is 2. The fraction of sp³-hybridized carbons (Fsp3) is 0.320. The van der Waals surface area contributed by atoms with E-state index >= 15 is 0 Å². The van der Waals surface area contributed by atoms with Crippen LogP contribution >= 0.6 is 0 Å². The van der Waals surface area contributed by atoms with Gasteiger partial charge < -0.3 is 19.4 Å². The van der Waals surface area contributed by atoms with Gasteiger partial charge in [0.05, 0.1) is 25.0 Å². The van der Waals surface area contributed by atoms with Crippen molar-refractivity contribution in [1.29, 1.82) is 0 Å². The summed E-state index contributed by atoms with van der Waals surface area (Å²) in [4.78, 5) is 15.2. The highest BCUT2D eigenvalue weighted by Gasteiger charge is 2.28. The first kappa shape index (κ1) is 20.2. The molecule has 0 radical (unpaired) electrons. The number of nitrogens with one attached hydrogen (secondary N) is 1. The Labute approximate surface area is 177 Å². The largest absolute Gasteiger partial charge is 0.467 e. The van der Waals surface area contributed by atoms with E-state index < -0.39 is 0 Å². The summed E-state index contributed by atoms with van der Waals surface area (Å²) in [6.07, 6.45) is 2.61. The Bertz CT molecular complexity index is 1010. The fourth-order valence-corrected chi connectivity index (χ4v) is 4.04. The predicted octanol–water partition coefficient (Wildman–Crippen LogP) is 4.70. The normalized spacial score (nSPS) is 15.3. The Morgan fingerprint density at radius 1 is 1.13 bits per heavy atom. The van der Waals surface area contributed by atoms with Crippen molar-refractivity contribution < 1.29 is 13.9 Å². The van der Waals surface area contributed by atoms with E-state index in [-0.39, 0.29) is 5.91 Å². The maximum atomic E-state index is 12.9. The monoisotopic (exact) mass is 404 g/mol. The summed E-state index contributed by atoms with van der Waals surface area (Å²) in [7, 11) is 0. The van der Waals surface area contributed by atoms with Crippen molar-refractivity contribution >= 4 is 11.6 Å². The molecule has 0 fully saturated rings. The average molecular weight is 405 g/mol. The number of ether oxygens (including phenoxy) is 1. The summed E-state index contributed by atoms with van der Waals surface area (Å²) in [5.74, 6) is 0.573. The van der Waals surface area contributed by atoms with Crippen LogP contribution in [-0.4, -0.2) is 18.6 Å². The predicted molar refractivity (Wildman–Crippen MR) is 117 cm³/mol. The third-order valence-corrected chi connectivity index (χ3v) is 5.67. The lowest BCUT2D eigenvalue weighted by atomic mass is 10.1. The molecule has 1 aliphatic rings. The number of carbonyl (C=O) groups excluding carboxylic acids is 1. The molecule has 0 saturated carbocycles. The lowest BCUT2D eigenvalue weighted by molar-refractivity contribution is 0.0947. The van der Waals surface area contributed by atoms with Crippen LogP contribution in [0.5, 0.6) is 0 Å². The van der Waals surface area contributed by atoms with Gasteiger partial charge in [0.2, 0.25) is 0 Å². The van der Waals surface area contributed by atoms with Crippen molar-refractivity contribution in [2.45, 2.75) is 46.0 Å². The molecule has 0 bridgehead atoms. The zero-order valence-electron chi connectivity index (χ0n) is 17.6. The molecule has 156 valence electrons. The van der Waals surface area contributed by atoms with Crippen LogP contribution in [-0.2, 0) is 30.9 Å². The highest BCUT2D eigenvalue weighted by Crippen LogP contribution is 2.33. The molecule has 30 heavy (non-hydrogen) atoms. The molecule has 0 spiro atoms. The van der Waals surface area contributed by atoms with Crippen LogP contribution in [0.15, 0.2) is 65.3 Å². The molecule has 0 saturated heterocycles. The van der Waals surface area contributed by atoms with E-state index in [9.17, 15) is 4.79 Å². The molecule has 1 amide bonds. The number of furan rings is 1. The van der Waals surface area contributed by atoms with Crippen LogP contribution in [0.3, 0.4) is 0 Å². The second kappa shape index (κ2) is 9.18. The highest BCUT2D eigenvalue weighted by molar-refractivity contribution is 5.95. The van der Waals surface area contributed by atoms with E-state index in [1.165, 1.54) is 11.3 Å². The molecule has 4 rings (SSSR count). The van der Waals surface area contributed by atoms with Gasteiger partial charge in [-0.25, -0.2) is 0 Å². The molecular weight excluding hydrogens is 376 g/mol. The zero-order chi connectivity index (χ0) is 20.9. The van der Waals surface area contributed by atoms with Crippen molar-refractivity contribution in [3.8, 4) is 0 Å². The molecule has 1 atom stereocenters. The van der Waals surface area contributed by atoms with Crippen molar-refractivity contribution in [1.82, 2.24) is 5.32 Å². The molecule has 1 N–H and O–H groups in total. The number of nitrogens with zero attached hydrogens (tertiary/aromatic N) is 1. The van der Waals surface area contributed by atoms with E-state index in [1.807, 2.05) is 31.2 Å². The average Bonchev–Trinajstić information content (AvgIpc) is 3.36. The number of hydrogen-bond donors (Lipinski definition) is 1. The number of hydrogen-bond acceptors (Lipinski definition) is 4.